The molecular formula is C13H12ClN3O4. The third-order valence-electron chi connectivity index (χ3n) is 3.06. The standard InChI is InChI=1S/C13H12ClN3O4/c1-6-7(2)21-8(3)11(6)13(18)16-12-9(17(19)20)4-5-10(14)15-12/h4-5H,1-3H3,(H,15,16,18). The summed E-state index contributed by atoms with van der Waals surface area (Å²) in [7, 11) is 0. The number of hydrogen-bond donors (Lipinski definition) is 1. The fraction of sp³-hybridized carbons (Fsp3) is 0.231. The van der Waals surface area contributed by atoms with Gasteiger partial charge in [-0.3, -0.25) is 14.9 Å². The number of nitrogens with zero attached hydrogens (tertiary/aromatic N) is 2. The van der Waals surface area contributed by atoms with Crippen molar-refractivity contribution in [1.29, 1.82) is 0 Å². The van der Waals surface area contributed by atoms with Crippen LogP contribution in [0.25, 0.3) is 0 Å². The molecule has 0 aromatic carbocycles. The van der Waals surface area contributed by atoms with Crippen LogP contribution in [0.5, 0.6) is 0 Å². The fourth-order valence-electron chi connectivity index (χ4n) is 1.96. The molecule has 7 nitrogen and oxygen atoms in total. The molecule has 0 spiro atoms. The van der Waals surface area contributed by atoms with Crippen LogP contribution >= 0.6 is 11.6 Å². The van der Waals surface area contributed by atoms with Gasteiger partial charge in [-0.25, -0.2) is 4.98 Å². The molecular weight excluding hydrogens is 298 g/mol. The Morgan fingerprint density at radius 1 is 1.33 bits per heavy atom. The van der Waals surface area contributed by atoms with Gasteiger partial charge >= 0.3 is 5.69 Å². The lowest BCUT2D eigenvalue weighted by molar-refractivity contribution is -0.384. The lowest BCUT2D eigenvalue weighted by atomic mass is 10.1. The predicted octanol–water partition coefficient (Wildman–Crippen LogP) is 3.41. The van der Waals surface area contributed by atoms with E-state index in [-0.39, 0.29) is 16.7 Å². The van der Waals surface area contributed by atoms with Crippen molar-refractivity contribution in [3.05, 3.63) is 50.0 Å². The lowest BCUT2D eigenvalue weighted by Gasteiger charge is -2.05. The van der Waals surface area contributed by atoms with E-state index in [1.54, 1.807) is 20.8 Å². The molecule has 2 rings (SSSR count). The second-order valence-electron chi connectivity index (χ2n) is 4.43. The van der Waals surface area contributed by atoms with Gasteiger partial charge in [-0.1, -0.05) is 11.6 Å². The smallest absolute Gasteiger partial charge is 0.311 e. The third-order valence-corrected chi connectivity index (χ3v) is 3.27. The first kappa shape index (κ1) is 15.0. The van der Waals surface area contributed by atoms with Crippen LogP contribution in [0.15, 0.2) is 16.5 Å². The second-order valence-corrected chi connectivity index (χ2v) is 4.81. The van der Waals surface area contributed by atoms with Crippen molar-refractivity contribution >= 4 is 29.0 Å². The van der Waals surface area contributed by atoms with Crippen molar-refractivity contribution in [1.82, 2.24) is 4.98 Å². The first-order chi connectivity index (χ1) is 9.81. The molecule has 1 N–H and O–H groups in total. The lowest BCUT2D eigenvalue weighted by Crippen LogP contribution is -2.15. The van der Waals surface area contributed by atoms with E-state index in [0.29, 0.717) is 22.6 Å². The van der Waals surface area contributed by atoms with Crippen LogP contribution in [0, 0.1) is 30.9 Å². The largest absolute Gasteiger partial charge is 0.466 e. The number of hydrogen-bond acceptors (Lipinski definition) is 5. The van der Waals surface area contributed by atoms with Crippen LogP contribution in [-0.4, -0.2) is 15.8 Å². The average Bonchev–Trinajstić information content (AvgIpc) is 2.62. The Morgan fingerprint density at radius 3 is 2.52 bits per heavy atom. The maximum atomic E-state index is 12.3. The molecule has 1 amide bonds. The Balaban J connectivity index is 2.40. The van der Waals surface area contributed by atoms with Crippen LogP contribution < -0.4 is 5.32 Å². The number of amides is 1. The Bertz CT molecular complexity index is 739. The molecule has 0 aliphatic carbocycles. The van der Waals surface area contributed by atoms with Gasteiger partial charge < -0.3 is 9.73 Å². The minimum absolute atomic E-state index is 0.0488. The molecule has 0 bridgehead atoms. The minimum Gasteiger partial charge on any atom is -0.466 e. The van der Waals surface area contributed by atoms with Crippen LogP contribution in [0.4, 0.5) is 11.5 Å². The number of carbonyl (C=O) groups excluding carboxylic acids is 1. The van der Waals surface area contributed by atoms with E-state index in [2.05, 4.69) is 10.3 Å². The van der Waals surface area contributed by atoms with Gasteiger partial charge in [0.05, 0.1) is 10.5 Å². The van der Waals surface area contributed by atoms with Gasteiger partial charge in [-0.15, -0.1) is 0 Å². The number of aryl methyl sites for hydroxylation is 2. The Morgan fingerprint density at radius 2 is 2.00 bits per heavy atom. The first-order valence-corrected chi connectivity index (χ1v) is 6.38. The second kappa shape index (κ2) is 5.53. The number of nitrogens with one attached hydrogen (secondary N) is 1. The highest BCUT2D eigenvalue weighted by molar-refractivity contribution is 6.29. The fourth-order valence-corrected chi connectivity index (χ4v) is 2.11. The molecule has 0 saturated carbocycles. The van der Waals surface area contributed by atoms with E-state index in [9.17, 15) is 14.9 Å². The summed E-state index contributed by atoms with van der Waals surface area (Å²) in [5, 5.41) is 13.4. The van der Waals surface area contributed by atoms with Crippen LogP contribution in [0.1, 0.15) is 27.4 Å². The Hall–Kier alpha value is -2.41. The summed E-state index contributed by atoms with van der Waals surface area (Å²) in [4.78, 5) is 26.4. The molecule has 0 radical (unpaired) electrons. The number of anilines is 1. The summed E-state index contributed by atoms with van der Waals surface area (Å²) in [6, 6.07) is 2.47. The van der Waals surface area contributed by atoms with Crippen LogP contribution in [0.3, 0.4) is 0 Å². The Labute approximate surface area is 125 Å². The van der Waals surface area contributed by atoms with E-state index >= 15 is 0 Å². The monoisotopic (exact) mass is 309 g/mol. The van der Waals surface area contributed by atoms with E-state index in [0.717, 1.165) is 0 Å². The number of pyridine rings is 1. The van der Waals surface area contributed by atoms with Crippen molar-refractivity contribution < 1.29 is 14.1 Å². The number of halogens is 1. The van der Waals surface area contributed by atoms with Crippen molar-refractivity contribution in [3.8, 4) is 0 Å². The molecule has 8 heteroatoms. The number of rotatable bonds is 3. The first-order valence-electron chi connectivity index (χ1n) is 6.00. The van der Waals surface area contributed by atoms with E-state index in [4.69, 9.17) is 16.0 Å². The molecule has 0 atom stereocenters. The number of aromatic nitrogens is 1. The van der Waals surface area contributed by atoms with E-state index in [1.165, 1.54) is 12.1 Å². The van der Waals surface area contributed by atoms with E-state index in [1.807, 2.05) is 0 Å². The molecule has 0 unspecified atom stereocenters. The van der Waals surface area contributed by atoms with Gasteiger partial charge in [0.2, 0.25) is 5.82 Å². The van der Waals surface area contributed by atoms with E-state index < -0.39 is 10.8 Å². The minimum atomic E-state index is -0.640. The number of nitro groups is 1. The van der Waals surface area contributed by atoms with Gasteiger partial charge in [0.25, 0.3) is 5.91 Å². The molecule has 0 fully saturated rings. The quantitative estimate of drug-likeness (QED) is 0.532. The molecule has 21 heavy (non-hydrogen) atoms. The normalized spacial score (nSPS) is 10.5. The van der Waals surface area contributed by atoms with Gasteiger partial charge in [0, 0.05) is 11.6 Å². The van der Waals surface area contributed by atoms with Crippen molar-refractivity contribution in [2.24, 2.45) is 0 Å². The maximum absolute atomic E-state index is 12.3. The predicted molar refractivity (Wildman–Crippen MR) is 76.8 cm³/mol. The SMILES string of the molecule is Cc1oc(C)c(C(=O)Nc2nc(Cl)ccc2[N+](=O)[O-])c1C. The van der Waals surface area contributed by atoms with Gasteiger partial charge in [0.1, 0.15) is 16.7 Å². The summed E-state index contributed by atoms with van der Waals surface area (Å²) in [6.07, 6.45) is 0. The van der Waals surface area contributed by atoms with Crippen LogP contribution in [-0.2, 0) is 0 Å². The van der Waals surface area contributed by atoms with Gasteiger partial charge in [-0.05, 0) is 26.8 Å². The molecule has 0 aliphatic heterocycles. The van der Waals surface area contributed by atoms with Crippen molar-refractivity contribution in [3.63, 3.8) is 0 Å². The summed E-state index contributed by atoms with van der Waals surface area (Å²) < 4.78 is 5.36. The van der Waals surface area contributed by atoms with Gasteiger partial charge in [0.15, 0.2) is 0 Å². The summed E-state index contributed by atoms with van der Waals surface area (Å²) in [6.45, 7) is 5.12. The zero-order valence-corrected chi connectivity index (χ0v) is 12.3. The van der Waals surface area contributed by atoms with Crippen molar-refractivity contribution in [2.75, 3.05) is 5.32 Å². The highest BCUT2D eigenvalue weighted by atomic mass is 35.5. The topological polar surface area (TPSA) is 98.3 Å². The highest BCUT2D eigenvalue weighted by Crippen LogP contribution is 2.26. The molecule has 0 saturated heterocycles. The van der Waals surface area contributed by atoms with Crippen LogP contribution in [0.2, 0.25) is 5.15 Å². The summed E-state index contributed by atoms with van der Waals surface area (Å²) >= 11 is 5.71. The number of carbonyl (C=O) groups is 1. The average molecular weight is 310 g/mol. The Kier molecular flexibility index (Phi) is 3.95. The molecule has 110 valence electrons. The summed E-state index contributed by atoms with van der Waals surface area (Å²) in [5.41, 5.74) is 0.682. The summed E-state index contributed by atoms with van der Waals surface area (Å²) in [5.74, 6) is 0.327. The number of furan rings is 1. The maximum Gasteiger partial charge on any atom is 0.311 e. The highest BCUT2D eigenvalue weighted by Gasteiger charge is 2.23. The zero-order chi connectivity index (χ0) is 15.7. The van der Waals surface area contributed by atoms with Gasteiger partial charge in [-0.2, -0.15) is 0 Å². The zero-order valence-electron chi connectivity index (χ0n) is 11.6. The molecule has 2 heterocycles. The third kappa shape index (κ3) is 2.87. The van der Waals surface area contributed by atoms with Crippen molar-refractivity contribution in [2.45, 2.75) is 20.8 Å². The molecule has 2 aromatic rings. The molecule has 0 aliphatic rings. The molecule has 2 aromatic heterocycles.